The Hall–Kier alpha value is -3.15. The summed E-state index contributed by atoms with van der Waals surface area (Å²) in [5.41, 5.74) is 2.66. The van der Waals surface area contributed by atoms with Gasteiger partial charge in [0, 0.05) is 13.1 Å². The van der Waals surface area contributed by atoms with Gasteiger partial charge in [0.25, 0.3) is 5.56 Å². The number of aryl methyl sites for hydroxylation is 1. The molecular weight excluding hydrogens is 366 g/mol. The molecule has 1 aromatic heterocycles. The number of methoxy groups -OCH3 is 1. The summed E-state index contributed by atoms with van der Waals surface area (Å²) in [6, 6.07) is 12.8. The van der Waals surface area contributed by atoms with E-state index >= 15 is 0 Å². The van der Waals surface area contributed by atoms with Crippen LogP contribution in [0.25, 0.3) is 16.6 Å². The van der Waals surface area contributed by atoms with Crippen LogP contribution in [0.1, 0.15) is 41.6 Å². The van der Waals surface area contributed by atoms with Crippen molar-refractivity contribution < 1.29 is 9.53 Å². The topological polar surface area (TPSA) is 64.4 Å². The van der Waals surface area contributed by atoms with Gasteiger partial charge in [0.2, 0.25) is 5.95 Å². The van der Waals surface area contributed by atoms with Gasteiger partial charge in [-0.25, -0.2) is 14.3 Å². The van der Waals surface area contributed by atoms with E-state index < -0.39 is 5.97 Å². The van der Waals surface area contributed by atoms with E-state index in [0.717, 1.165) is 37.2 Å². The smallest absolute Gasteiger partial charge is 0.337 e. The molecule has 29 heavy (non-hydrogen) atoms. The second-order valence-electron chi connectivity index (χ2n) is 7.52. The number of carbonyl (C=O) groups excluding carboxylic acids is 1. The molecule has 2 heterocycles. The normalized spacial score (nSPS) is 14.6. The largest absolute Gasteiger partial charge is 0.465 e. The SMILES string of the molecule is COC(=O)c1ccc2c(=O)n(-c3cccc(C)c3)c(N3CCCCCC3)nc2c1. The minimum atomic E-state index is -0.437. The molecule has 150 valence electrons. The van der Waals surface area contributed by atoms with Crippen LogP contribution in [-0.4, -0.2) is 35.7 Å². The van der Waals surface area contributed by atoms with E-state index in [1.165, 1.54) is 20.0 Å². The molecule has 1 saturated heterocycles. The molecule has 0 saturated carbocycles. The Morgan fingerprint density at radius 1 is 1.03 bits per heavy atom. The summed E-state index contributed by atoms with van der Waals surface area (Å²) < 4.78 is 6.53. The number of esters is 1. The molecule has 0 spiro atoms. The summed E-state index contributed by atoms with van der Waals surface area (Å²) in [6.07, 6.45) is 4.52. The fourth-order valence-electron chi connectivity index (χ4n) is 3.90. The lowest BCUT2D eigenvalue weighted by atomic mass is 10.1. The van der Waals surface area contributed by atoms with Crippen LogP contribution < -0.4 is 10.5 Å². The number of ether oxygens (including phenoxy) is 1. The van der Waals surface area contributed by atoms with E-state index in [1.807, 2.05) is 31.2 Å². The summed E-state index contributed by atoms with van der Waals surface area (Å²) in [7, 11) is 1.35. The van der Waals surface area contributed by atoms with Crippen LogP contribution >= 0.6 is 0 Å². The van der Waals surface area contributed by atoms with E-state index in [0.29, 0.717) is 22.4 Å². The van der Waals surface area contributed by atoms with Crippen molar-refractivity contribution in [1.29, 1.82) is 0 Å². The standard InChI is InChI=1S/C23H25N3O3/c1-16-8-7-9-18(14-16)26-21(27)19-11-10-17(22(28)29-2)15-20(19)24-23(26)25-12-5-3-4-6-13-25/h7-11,14-15H,3-6,12-13H2,1-2H3. The molecule has 6 heteroatoms. The summed E-state index contributed by atoms with van der Waals surface area (Å²) >= 11 is 0. The Morgan fingerprint density at radius 3 is 2.48 bits per heavy atom. The maximum Gasteiger partial charge on any atom is 0.337 e. The molecule has 3 aromatic rings. The summed E-state index contributed by atoms with van der Waals surface area (Å²) in [4.78, 5) is 32.5. The number of nitrogens with zero attached hydrogens (tertiary/aromatic N) is 3. The van der Waals surface area contributed by atoms with Gasteiger partial charge in [-0.2, -0.15) is 0 Å². The van der Waals surface area contributed by atoms with Crippen LogP contribution in [0, 0.1) is 6.92 Å². The van der Waals surface area contributed by atoms with Gasteiger partial charge in [-0.05, 0) is 55.7 Å². The Labute approximate surface area is 169 Å². The summed E-state index contributed by atoms with van der Waals surface area (Å²) in [6.45, 7) is 3.73. The fraction of sp³-hybridized carbons (Fsp3) is 0.348. The van der Waals surface area contributed by atoms with Gasteiger partial charge in [0.05, 0.1) is 29.3 Å². The molecule has 0 atom stereocenters. The second-order valence-corrected chi connectivity index (χ2v) is 7.52. The first-order valence-corrected chi connectivity index (χ1v) is 10.1. The first kappa shape index (κ1) is 19.2. The minimum absolute atomic E-state index is 0.128. The molecular formula is C23H25N3O3. The Kier molecular flexibility index (Phi) is 5.34. The average molecular weight is 391 g/mol. The average Bonchev–Trinajstić information content (AvgIpc) is 3.02. The van der Waals surface area contributed by atoms with Crippen molar-refractivity contribution in [3.8, 4) is 5.69 Å². The number of rotatable bonds is 3. The molecule has 0 unspecified atom stereocenters. The number of carbonyl (C=O) groups is 1. The number of benzene rings is 2. The van der Waals surface area contributed by atoms with Gasteiger partial charge < -0.3 is 9.64 Å². The van der Waals surface area contributed by atoms with Crippen molar-refractivity contribution in [1.82, 2.24) is 9.55 Å². The molecule has 1 aliphatic rings. The Morgan fingerprint density at radius 2 is 1.79 bits per heavy atom. The second kappa shape index (κ2) is 8.07. The molecule has 0 aliphatic carbocycles. The van der Waals surface area contributed by atoms with Gasteiger partial charge in [0.15, 0.2) is 0 Å². The third kappa shape index (κ3) is 3.75. The minimum Gasteiger partial charge on any atom is -0.465 e. The number of hydrogen-bond acceptors (Lipinski definition) is 5. The zero-order valence-electron chi connectivity index (χ0n) is 16.9. The predicted octanol–water partition coefficient (Wildman–Crippen LogP) is 3.86. The molecule has 0 amide bonds. The summed E-state index contributed by atoms with van der Waals surface area (Å²) in [5.74, 6) is 0.199. The Balaban J connectivity index is 1.97. The van der Waals surface area contributed by atoms with Crippen LogP contribution in [0.4, 0.5) is 5.95 Å². The van der Waals surface area contributed by atoms with Crippen LogP contribution in [0.5, 0.6) is 0 Å². The first-order valence-electron chi connectivity index (χ1n) is 10.1. The van der Waals surface area contributed by atoms with Crippen LogP contribution in [0.3, 0.4) is 0 Å². The molecule has 1 fully saturated rings. The van der Waals surface area contributed by atoms with E-state index in [1.54, 1.807) is 22.8 Å². The van der Waals surface area contributed by atoms with Gasteiger partial charge in [-0.3, -0.25) is 4.79 Å². The number of fused-ring (bicyclic) bond motifs is 1. The van der Waals surface area contributed by atoms with E-state index in [9.17, 15) is 9.59 Å². The number of hydrogen-bond donors (Lipinski definition) is 0. The van der Waals surface area contributed by atoms with Crippen LogP contribution in [0.2, 0.25) is 0 Å². The highest BCUT2D eigenvalue weighted by atomic mass is 16.5. The highest BCUT2D eigenvalue weighted by molar-refractivity contribution is 5.94. The third-order valence-electron chi connectivity index (χ3n) is 5.42. The van der Waals surface area contributed by atoms with Gasteiger partial charge >= 0.3 is 5.97 Å². The number of anilines is 1. The lowest BCUT2D eigenvalue weighted by Crippen LogP contribution is -2.33. The molecule has 0 radical (unpaired) electrons. The highest BCUT2D eigenvalue weighted by Crippen LogP contribution is 2.23. The summed E-state index contributed by atoms with van der Waals surface area (Å²) in [5, 5.41) is 0.484. The van der Waals surface area contributed by atoms with E-state index in [2.05, 4.69) is 4.90 Å². The molecule has 1 aliphatic heterocycles. The Bertz CT molecular complexity index is 1110. The molecule has 2 aromatic carbocycles. The maximum absolute atomic E-state index is 13.5. The first-order chi connectivity index (χ1) is 14.1. The quantitative estimate of drug-likeness (QED) is 0.635. The van der Waals surface area contributed by atoms with Gasteiger partial charge in [0.1, 0.15) is 0 Å². The third-order valence-corrected chi connectivity index (χ3v) is 5.42. The van der Waals surface area contributed by atoms with Crippen LogP contribution in [-0.2, 0) is 4.74 Å². The monoisotopic (exact) mass is 391 g/mol. The number of aromatic nitrogens is 2. The lowest BCUT2D eigenvalue weighted by molar-refractivity contribution is 0.0601. The van der Waals surface area contributed by atoms with Crippen molar-refractivity contribution in [3.63, 3.8) is 0 Å². The molecule has 6 nitrogen and oxygen atoms in total. The van der Waals surface area contributed by atoms with Crippen LogP contribution in [0.15, 0.2) is 47.3 Å². The van der Waals surface area contributed by atoms with Crippen molar-refractivity contribution >= 4 is 22.8 Å². The van der Waals surface area contributed by atoms with E-state index in [4.69, 9.17) is 9.72 Å². The van der Waals surface area contributed by atoms with Crippen molar-refractivity contribution in [2.75, 3.05) is 25.1 Å². The lowest BCUT2D eigenvalue weighted by Gasteiger charge is -2.25. The van der Waals surface area contributed by atoms with Gasteiger partial charge in [-0.1, -0.05) is 25.0 Å². The zero-order valence-corrected chi connectivity index (χ0v) is 16.9. The van der Waals surface area contributed by atoms with Crippen molar-refractivity contribution in [2.45, 2.75) is 32.6 Å². The molecule has 0 N–H and O–H groups in total. The van der Waals surface area contributed by atoms with Crippen molar-refractivity contribution in [2.24, 2.45) is 0 Å². The maximum atomic E-state index is 13.5. The zero-order chi connectivity index (χ0) is 20.4. The molecule has 4 rings (SSSR count). The fourth-order valence-corrected chi connectivity index (χ4v) is 3.90. The highest BCUT2D eigenvalue weighted by Gasteiger charge is 2.20. The molecule has 0 bridgehead atoms. The van der Waals surface area contributed by atoms with E-state index in [-0.39, 0.29) is 5.56 Å². The van der Waals surface area contributed by atoms with Crippen molar-refractivity contribution in [3.05, 3.63) is 63.9 Å². The predicted molar refractivity (Wildman–Crippen MR) is 114 cm³/mol. The van der Waals surface area contributed by atoms with Gasteiger partial charge in [-0.15, -0.1) is 0 Å².